The molecule has 0 radical (unpaired) electrons. The standard InChI is InChI=1S/C16H31F3O3S/c1-3-4-5-6-7-8-9-10-11-12-13-15(2)14-22-23(20,21)16(17,18)19/h15H,3-14H2,1-2H3. The molecule has 0 amide bonds. The van der Waals surface area contributed by atoms with Crippen LogP contribution < -0.4 is 0 Å². The highest BCUT2D eigenvalue weighted by atomic mass is 32.2. The first-order chi connectivity index (χ1) is 10.7. The third-order valence-electron chi connectivity index (χ3n) is 3.84. The molecule has 3 nitrogen and oxygen atoms in total. The fourth-order valence-electron chi connectivity index (χ4n) is 2.34. The van der Waals surface area contributed by atoms with Crippen LogP contribution in [0.2, 0.25) is 0 Å². The normalized spacial score (nSPS) is 14.1. The van der Waals surface area contributed by atoms with E-state index in [1.165, 1.54) is 44.9 Å². The van der Waals surface area contributed by atoms with Crippen molar-refractivity contribution in [2.24, 2.45) is 5.92 Å². The molecule has 1 atom stereocenters. The molecule has 0 aromatic rings. The van der Waals surface area contributed by atoms with E-state index in [2.05, 4.69) is 11.1 Å². The third kappa shape index (κ3) is 11.8. The summed E-state index contributed by atoms with van der Waals surface area (Å²) in [5, 5.41) is 0. The van der Waals surface area contributed by atoms with Gasteiger partial charge in [0.1, 0.15) is 0 Å². The minimum Gasteiger partial charge on any atom is -0.263 e. The monoisotopic (exact) mass is 360 g/mol. The highest BCUT2D eigenvalue weighted by Crippen LogP contribution is 2.25. The van der Waals surface area contributed by atoms with Crippen molar-refractivity contribution in [2.45, 2.75) is 90.0 Å². The summed E-state index contributed by atoms with van der Waals surface area (Å²) >= 11 is 0. The second-order valence-corrected chi connectivity index (χ2v) is 7.87. The Morgan fingerprint density at radius 2 is 1.30 bits per heavy atom. The van der Waals surface area contributed by atoms with Crippen LogP contribution in [0.5, 0.6) is 0 Å². The molecule has 0 saturated heterocycles. The third-order valence-corrected chi connectivity index (χ3v) is 4.85. The van der Waals surface area contributed by atoms with Gasteiger partial charge in [0.05, 0.1) is 6.61 Å². The lowest BCUT2D eigenvalue weighted by atomic mass is 10.0. The van der Waals surface area contributed by atoms with Crippen molar-refractivity contribution in [3.05, 3.63) is 0 Å². The van der Waals surface area contributed by atoms with Crippen molar-refractivity contribution in [3.8, 4) is 0 Å². The summed E-state index contributed by atoms with van der Waals surface area (Å²) in [7, 11) is -5.45. The Kier molecular flexibility index (Phi) is 12.0. The van der Waals surface area contributed by atoms with E-state index in [0.717, 1.165) is 19.3 Å². The van der Waals surface area contributed by atoms with E-state index in [1.807, 2.05) is 0 Å². The lowest BCUT2D eigenvalue weighted by molar-refractivity contribution is -0.0549. The van der Waals surface area contributed by atoms with Crippen molar-refractivity contribution >= 4 is 10.1 Å². The number of rotatable bonds is 14. The van der Waals surface area contributed by atoms with E-state index < -0.39 is 22.2 Å². The highest BCUT2D eigenvalue weighted by Gasteiger charge is 2.47. The predicted octanol–water partition coefficient (Wildman–Crippen LogP) is 5.80. The Labute approximate surface area is 139 Å². The quantitative estimate of drug-likeness (QED) is 0.223. The Morgan fingerprint density at radius 1 is 0.870 bits per heavy atom. The zero-order chi connectivity index (χ0) is 17.8. The highest BCUT2D eigenvalue weighted by molar-refractivity contribution is 7.87. The van der Waals surface area contributed by atoms with Crippen molar-refractivity contribution in [1.29, 1.82) is 0 Å². The molecule has 0 aliphatic rings. The van der Waals surface area contributed by atoms with E-state index in [0.29, 0.717) is 6.42 Å². The van der Waals surface area contributed by atoms with Gasteiger partial charge in [-0.1, -0.05) is 78.1 Å². The summed E-state index contributed by atoms with van der Waals surface area (Å²) in [6, 6.07) is 0. The van der Waals surface area contributed by atoms with Gasteiger partial charge in [-0.2, -0.15) is 21.6 Å². The molecule has 23 heavy (non-hydrogen) atoms. The summed E-state index contributed by atoms with van der Waals surface area (Å²) < 4.78 is 61.8. The van der Waals surface area contributed by atoms with Crippen molar-refractivity contribution in [2.75, 3.05) is 6.61 Å². The summed E-state index contributed by atoms with van der Waals surface area (Å²) in [6.07, 6.45) is 12.6. The maximum atomic E-state index is 12.1. The molecule has 0 saturated carbocycles. The smallest absolute Gasteiger partial charge is 0.263 e. The summed E-state index contributed by atoms with van der Waals surface area (Å²) in [4.78, 5) is 0. The van der Waals surface area contributed by atoms with Crippen LogP contribution in [-0.2, 0) is 14.3 Å². The van der Waals surface area contributed by atoms with Crippen LogP contribution in [0, 0.1) is 5.92 Å². The minimum atomic E-state index is -5.45. The first kappa shape index (κ1) is 22.7. The van der Waals surface area contributed by atoms with Gasteiger partial charge in [0.15, 0.2) is 0 Å². The van der Waals surface area contributed by atoms with Gasteiger partial charge in [-0.25, -0.2) is 0 Å². The van der Waals surface area contributed by atoms with Crippen LogP contribution in [0.15, 0.2) is 0 Å². The van der Waals surface area contributed by atoms with Gasteiger partial charge >= 0.3 is 15.6 Å². The molecular formula is C16H31F3O3S. The summed E-state index contributed by atoms with van der Waals surface area (Å²) in [5.74, 6) is -0.193. The zero-order valence-corrected chi connectivity index (χ0v) is 15.1. The molecule has 0 fully saturated rings. The van der Waals surface area contributed by atoms with Crippen molar-refractivity contribution in [3.63, 3.8) is 0 Å². The topological polar surface area (TPSA) is 43.4 Å². The molecule has 0 N–H and O–H groups in total. The van der Waals surface area contributed by atoms with E-state index >= 15 is 0 Å². The van der Waals surface area contributed by atoms with Gasteiger partial charge in [-0.05, 0) is 12.3 Å². The lowest BCUT2D eigenvalue weighted by Gasteiger charge is -2.13. The van der Waals surface area contributed by atoms with Crippen LogP contribution >= 0.6 is 0 Å². The van der Waals surface area contributed by atoms with Crippen molar-refractivity contribution in [1.82, 2.24) is 0 Å². The molecule has 0 bridgehead atoms. The molecule has 0 heterocycles. The molecule has 0 aromatic carbocycles. The predicted molar refractivity (Wildman–Crippen MR) is 86.6 cm³/mol. The number of hydrogen-bond acceptors (Lipinski definition) is 3. The first-order valence-electron chi connectivity index (χ1n) is 8.66. The number of halogens is 3. The average Bonchev–Trinajstić information content (AvgIpc) is 2.46. The molecule has 140 valence electrons. The summed E-state index contributed by atoms with van der Waals surface area (Å²) in [5.41, 5.74) is -5.33. The maximum absolute atomic E-state index is 12.1. The number of unbranched alkanes of at least 4 members (excludes halogenated alkanes) is 9. The largest absolute Gasteiger partial charge is 0.523 e. The van der Waals surface area contributed by atoms with Crippen LogP contribution in [-0.4, -0.2) is 20.5 Å². The van der Waals surface area contributed by atoms with Crippen molar-refractivity contribution < 1.29 is 25.8 Å². The van der Waals surface area contributed by atoms with Crippen LogP contribution in [0.1, 0.15) is 84.5 Å². The molecule has 0 aliphatic heterocycles. The molecule has 0 aromatic heterocycles. The van der Waals surface area contributed by atoms with E-state index in [9.17, 15) is 21.6 Å². The maximum Gasteiger partial charge on any atom is 0.523 e. The van der Waals surface area contributed by atoms with Crippen LogP contribution in [0.25, 0.3) is 0 Å². The molecule has 7 heteroatoms. The van der Waals surface area contributed by atoms with E-state index in [1.54, 1.807) is 6.92 Å². The SMILES string of the molecule is CCCCCCCCCCCCC(C)COS(=O)(=O)C(F)(F)F. The second-order valence-electron chi connectivity index (χ2n) is 6.26. The Bertz CT molecular complexity index is 381. The fraction of sp³-hybridized carbons (Fsp3) is 1.00. The Hall–Kier alpha value is -0.300. The van der Waals surface area contributed by atoms with Gasteiger partial charge in [-0.3, -0.25) is 4.18 Å². The van der Waals surface area contributed by atoms with E-state index in [4.69, 9.17) is 0 Å². The number of alkyl halides is 3. The Morgan fingerprint density at radius 3 is 1.74 bits per heavy atom. The van der Waals surface area contributed by atoms with Crippen LogP contribution in [0.4, 0.5) is 13.2 Å². The molecular weight excluding hydrogens is 329 g/mol. The first-order valence-corrected chi connectivity index (χ1v) is 10.1. The summed E-state index contributed by atoms with van der Waals surface area (Å²) in [6.45, 7) is 3.50. The molecule has 0 spiro atoms. The Balaban J connectivity index is 3.53. The lowest BCUT2D eigenvalue weighted by Crippen LogP contribution is -2.27. The van der Waals surface area contributed by atoms with Gasteiger partial charge < -0.3 is 0 Å². The number of hydrogen-bond donors (Lipinski definition) is 0. The second kappa shape index (κ2) is 12.1. The average molecular weight is 360 g/mol. The fourth-order valence-corrected chi connectivity index (χ4v) is 2.88. The van der Waals surface area contributed by atoms with Gasteiger partial charge in [0, 0.05) is 0 Å². The zero-order valence-electron chi connectivity index (χ0n) is 14.3. The van der Waals surface area contributed by atoms with Gasteiger partial charge in [-0.15, -0.1) is 0 Å². The minimum absolute atomic E-state index is 0.193. The van der Waals surface area contributed by atoms with Gasteiger partial charge in [0.25, 0.3) is 0 Å². The van der Waals surface area contributed by atoms with E-state index in [-0.39, 0.29) is 5.92 Å². The van der Waals surface area contributed by atoms with Crippen LogP contribution in [0.3, 0.4) is 0 Å². The molecule has 1 unspecified atom stereocenters. The molecule has 0 rings (SSSR count). The molecule has 0 aliphatic carbocycles. The van der Waals surface area contributed by atoms with Gasteiger partial charge in [0.2, 0.25) is 0 Å².